The number of amides is 2. The van der Waals surface area contributed by atoms with Gasteiger partial charge in [-0.05, 0) is 25.3 Å². The first kappa shape index (κ1) is 15.2. The minimum Gasteiger partial charge on any atom is -0.337 e. The number of aryl methyl sites for hydroxylation is 2. The summed E-state index contributed by atoms with van der Waals surface area (Å²) in [6.45, 7) is 3.90. The number of aromatic nitrogens is 1. The van der Waals surface area contributed by atoms with Crippen LogP contribution in [-0.4, -0.2) is 28.7 Å². The Morgan fingerprint density at radius 2 is 2.23 bits per heavy atom. The van der Waals surface area contributed by atoms with E-state index < -0.39 is 0 Å². The van der Waals surface area contributed by atoms with Gasteiger partial charge in [0.25, 0.3) is 0 Å². The summed E-state index contributed by atoms with van der Waals surface area (Å²) in [6.07, 6.45) is 0.244. The van der Waals surface area contributed by atoms with Gasteiger partial charge in [-0.2, -0.15) is 0 Å². The number of carbonyl (C=O) groups is 2. The second-order valence-electron chi connectivity index (χ2n) is 5.43. The highest BCUT2D eigenvalue weighted by Gasteiger charge is 2.43. The van der Waals surface area contributed by atoms with Gasteiger partial charge in [0.15, 0.2) is 5.13 Å². The fraction of sp³-hybridized carbons (Fsp3) is 0.400. The summed E-state index contributed by atoms with van der Waals surface area (Å²) in [7, 11) is 1.76. The van der Waals surface area contributed by atoms with Crippen LogP contribution in [0, 0.1) is 19.8 Å². The number of hydrogen-bond donors (Lipinski definition) is 1. The zero-order chi connectivity index (χ0) is 15.9. The van der Waals surface area contributed by atoms with E-state index in [0.717, 1.165) is 15.4 Å². The van der Waals surface area contributed by atoms with Crippen molar-refractivity contribution in [1.29, 1.82) is 0 Å². The molecule has 1 fully saturated rings. The molecule has 7 heteroatoms. The van der Waals surface area contributed by atoms with Crippen molar-refractivity contribution in [3.05, 3.63) is 33.0 Å². The van der Waals surface area contributed by atoms with Gasteiger partial charge in [-0.1, -0.05) is 6.07 Å². The minimum atomic E-state index is -0.374. The van der Waals surface area contributed by atoms with E-state index in [9.17, 15) is 9.59 Å². The summed E-state index contributed by atoms with van der Waals surface area (Å²) < 4.78 is 0. The molecule has 5 nitrogen and oxygen atoms in total. The normalized spacial score (nSPS) is 21.4. The molecule has 0 radical (unpaired) electrons. The van der Waals surface area contributed by atoms with Crippen LogP contribution < -0.4 is 5.32 Å². The first-order chi connectivity index (χ1) is 10.5. The summed E-state index contributed by atoms with van der Waals surface area (Å²) in [4.78, 5) is 32.8. The van der Waals surface area contributed by atoms with Gasteiger partial charge >= 0.3 is 0 Å². The molecular weight excluding hydrogens is 318 g/mol. The first-order valence-electron chi connectivity index (χ1n) is 7.01. The molecule has 0 spiro atoms. The van der Waals surface area contributed by atoms with Crippen LogP contribution in [0.4, 0.5) is 5.13 Å². The molecule has 1 aliphatic rings. The van der Waals surface area contributed by atoms with Crippen molar-refractivity contribution in [2.24, 2.45) is 5.92 Å². The molecule has 116 valence electrons. The average molecular weight is 335 g/mol. The third kappa shape index (κ3) is 2.66. The number of anilines is 1. The Labute approximate surface area is 137 Å². The Bertz CT molecular complexity index is 689. The topological polar surface area (TPSA) is 62.3 Å². The lowest BCUT2D eigenvalue weighted by atomic mass is 9.98. The summed E-state index contributed by atoms with van der Waals surface area (Å²) in [5.41, 5.74) is 0.926. The highest BCUT2D eigenvalue weighted by molar-refractivity contribution is 7.15. The molecule has 1 saturated heterocycles. The monoisotopic (exact) mass is 335 g/mol. The minimum absolute atomic E-state index is 0.00468. The molecule has 0 aromatic carbocycles. The van der Waals surface area contributed by atoms with E-state index in [2.05, 4.69) is 10.3 Å². The molecule has 0 bridgehead atoms. The molecule has 22 heavy (non-hydrogen) atoms. The molecular formula is C15H17N3O2S2. The average Bonchev–Trinajstić information content (AvgIpc) is 3.14. The van der Waals surface area contributed by atoms with E-state index >= 15 is 0 Å². The van der Waals surface area contributed by atoms with Gasteiger partial charge in [-0.3, -0.25) is 9.59 Å². The maximum atomic E-state index is 12.6. The molecule has 2 aromatic heterocycles. The van der Waals surface area contributed by atoms with Crippen molar-refractivity contribution in [2.45, 2.75) is 26.3 Å². The molecule has 1 aliphatic heterocycles. The summed E-state index contributed by atoms with van der Waals surface area (Å²) >= 11 is 3.04. The number of carbonyl (C=O) groups excluding carboxylic acids is 2. The summed E-state index contributed by atoms with van der Waals surface area (Å²) in [5.74, 6) is -0.504. The van der Waals surface area contributed by atoms with E-state index in [-0.39, 0.29) is 30.2 Å². The Morgan fingerprint density at radius 1 is 1.45 bits per heavy atom. The van der Waals surface area contributed by atoms with Gasteiger partial charge in [0.05, 0.1) is 17.7 Å². The number of rotatable bonds is 3. The Balaban J connectivity index is 1.82. The number of thiophene rings is 1. The molecule has 1 N–H and O–H groups in total. The number of hydrogen-bond acceptors (Lipinski definition) is 5. The van der Waals surface area contributed by atoms with E-state index in [1.54, 1.807) is 23.3 Å². The predicted molar refractivity (Wildman–Crippen MR) is 88.2 cm³/mol. The van der Waals surface area contributed by atoms with Crippen LogP contribution in [0.25, 0.3) is 0 Å². The molecule has 3 heterocycles. The van der Waals surface area contributed by atoms with Crippen molar-refractivity contribution < 1.29 is 9.59 Å². The van der Waals surface area contributed by atoms with E-state index in [1.165, 1.54) is 11.3 Å². The maximum Gasteiger partial charge on any atom is 0.232 e. The van der Waals surface area contributed by atoms with Crippen LogP contribution in [0.1, 0.15) is 27.9 Å². The van der Waals surface area contributed by atoms with Gasteiger partial charge in [0.1, 0.15) is 0 Å². The van der Waals surface area contributed by atoms with Gasteiger partial charge in [0.2, 0.25) is 11.8 Å². The summed E-state index contributed by atoms with van der Waals surface area (Å²) in [6, 6.07) is 3.73. The predicted octanol–water partition coefficient (Wildman–Crippen LogP) is 2.98. The lowest BCUT2D eigenvalue weighted by Crippen LogP contribution is -2.29. The fourth-order valence-electron chi connectivity index (χ4n) is 2.68. The number of likely N-dealkylation sites (tertiary alicyclic amines) is 1. The number of thiazole rings is 1. The Kier molecular flexibility index (Phi) is 4.01. The summed E-state index contributed by atoms with van der Waals surface area (Å²) in [5, 5.41) is 5.44. The maximum absolute atomic E-state index is 12.6. The van der Waals surface area contributed by atoms with Gasteiger partial charge in [-0.25, -0.2) is 4.98 Å². The highest BCUT2D eigenvalue weighted by atomic mass is 32.1. The third-order valence-corrected chi connectivity index (χ3v) is 5.95. The smallest absolute Gasteiger partial charge is 0.232 e. The molecule has 2 aromatic rings. The van der Waals surface area contributed by atoms with Gasteiger partial charge in [-0.15, -0.1) is 22.7 Å². The van der Waals surface area contributed by atoms with Crippen molar-refractivity contribution in [3.8, 4) is 0 Å². The lowest BCUT2D eigenvalue weighted by molar-refractivity contribution is -0.127. The van der Waals surface area contributed by atoms with Crippen LogP contribution in [0.5, 0.6) is 0 Å². The Morgan fingerprint density at radius 3 is 2.82 bits per heavy atom. The molecule has 0 unspecified atom stereocenters. The molecule has 0 aliphatic carbocycles. The van der Waals surface area contributed by atoms with Crippen LogP contribution in [0.15, 0.2) is 17.5 Å². The van der Waals surface area contributed by atoms with Crippen LogP contribution in [0.2, 0.25) is 0 Å². The van der Waals surface area contributed by atoms with Crippen molar-refractivity contribution >= 4 is 39.6 Å². The quantitative estimate of drug-likeness (QED) is 0.938. The van der Waals surface area contributed by atoms with E-state index in [1.807, 2.05) is 31.4 Å². The van der Waals surface area contributed by atoms with Gasteiger partial charge < -0.3 is 10.2 Å². The van der Waals surface area contributed by atoms with Crippen LogP contribution in [-0.2, 0) is 9.59 Å². The molecule has 2 atom stereocenters. The standard InChI is InChI=1S/C15H17N3O2S2/c1-8-9(2)22-15(16-8)17-14(20)10-7-12(19)18(3)13(10)11-5-4-6-21-11/h4-6,10,13H,7H2,1-3H3,(H,16,17,20)/t10-,13-/m1/s1. The Hall–Kier alpha value is -1.73. The van der Waals surface area contributed by atoms with Crippen molar-refractivity contribution in [1.82, 2.24) is 9.88 Å². The molecule has 0 saturated carbocycles. The van der Waals surface area contributed by atoms with E-state index in [0.29, 0.717) is 5.13 Å². The van der Waals surface area contributed by atoms with Crippen LogP contribution in [0.3, 0.4) is 0 Å². The molecule has 3 rings (SSSR count). The van der Waals surface area contributed by atoms with Crippen LogP contribution >= 0.6 is 22.7 Å². The second-order valence-corrected chi connectivity index (χ2v) is 7.61. The molecule has 2 amide bonds. The van der Waals surface area contributed by atoms with E-state index in [4.69, 9.17) is 0 Å². The lowest BCUT2D eigenvalue weighted by Gasteiger charge is -2.23. The van der Waals surface area contributed by atoms with Gasteiger partial charge in [0, 0.05) is 23.2 Å². The van der Waals surface area contributed by atoms with Crippen molar-refractivity contribution in [2.75, 3.05) is 12.4 Å². The number of nitrogens with one attached hydrogen (secondary N) is 1. The second kappa shape index (κ2) is 5.81. The largest absolute Gasteiger partial charge is 0.337 e. The third-order valence-electron chi connectivity index (χ3n) is 4.02. The SMILES string of the molecule is Cc1nc(NC(=O)[C@@H]2CC(=O)N(C)[C@H]2c2cccs2)sc1C. The highest BCUT2D eigenvalue weighted by Crippen LogP contribution is 2.39. The number of nitrogens with zero attached hydrogens (tertiary/aromatic N) is 2. The first-order valence-corrected chi connectivity index (χ1v) is 8.71. The zero-order valence-corrected chi connectivity index (χ0v) is 14.3. The van der Waals surface area contributed by atoms with Crippen molar-refractivity contribution in [3.63, 3.8) is 0 Å². The fourth-order valence-corrected chi connectivity index (χ4v) is 4.43. The zero-order valence-electron chi connectivity index (χ0n) is 12.6.